The zero-order valence-corrected chi connectivity index (χ0v) is 20.0. The van der Waals surface area contributed by atoms with E-state index < -0.39 is 6.04 Å². The summed E-state index contributed by atoms with van der Waals surface area (Å²) < 4.78 is 5.94. The van der Waals surface area contributed by atoms with Crippen LogP contribution in [0.1, 0.15) is 54.4 Å². The maximum Gasteiger partial charge on any atom is 0.237 e. The van der Waals surface area contributed by atoms with E-state index in [2.05, 4.69) is 11.4 Å². The van der Waals surface area contributed by atoms with E-state index in [-0.39, 0.29) is 30.7 Å². The van der Waals surface area contributed by atoms with Crippen molar-refractivity contribution in [1.82, 2.24) is 15.1 Å². The molecule has 1 aromatic rings. The highest BCUT2D eigenvalue weighted by Gasteiger charge is 2.24. The van der Waals surface area contributed by atoms with Gasteiger partial charge >= 0.3 is 0 Å². The van der Waals surface area contributed by atoms with Crippen molar-refractivity contribution in [3.63, 3.8) is 0 Å². The molecule has 0 radical (unpaired) electrons. The first-order valence-corrected chi connectivity index (χ1v) is 11.7. The number of carbonyl (C=O) groups is 4. The minimum atomic E-state index is -0.523. The predicted octanol–water partition coefficient (Wildman–Crippen LogP) is 1.95. The Balaban J connectivity index is 1.98. The molecule has 0 bridgehead atoms. The second kappa shape index (κ2) is 14.1. The fourth-order valence-electron chi connectivity index (χ4n) is 4.12. The van der Waals surface area contributed by atoms with Crippen molar-refractivity contribution in [1.29, 1.82) is 5.26 Å². The van der Waals surface area contributed by atoms with Crippen molar-refractivity contribution in [2.75, 3.05) is 33.8 Å². The van der Waals surface area contributed by atoms with Crippen molar-refractivity contribution >= 4 is 24.4 Å². The number of hydrogen-bond donors (Lipinski definition) is 1. The quantitative estimate of drug-likeness (QED) is 0.346. The van der Waals surface area contributed by atoms with Gasteiger partial charge in [-0.25, -0.2) is 0 Å². The molecule has 0 saturated carbocycles. The van der Waals surface area contributed by atoms with Crippen molar-refractivity contribution in [2.24, 2.45) is 5.92 Å². The van der Waals surface area contributed by atoms with Gasteiger partial charge in [0.05, 0.1) is 18.7 Å². The number of piperidine rings is 1. The van der Waals surface area contributed by atoms with Crippen LogP contribution < -0.4 is 10.1 Å². The molecule has 1 unspecified atom stereocenters. The van der Waals surface area contributed by atoms with Gasteiger partial charge in [-0.15, -0.1) is 0 Å². The lowest BCUT2D eigenvalue weighted by Gasteiger charge is -2.29. The fourth-order valence-corrected chi connectivity index (χ4v) is 4.12. The summed E-state index contributed by atoms with van der Waals surface area (Å²) in [6.07, 6.45) is 4.48. The largest absolute Gasteiger partial charge is 0.493 e. The van der Waals surface area contributed by atoms with Crippen LogP contribution in [-0.4, -0.2) is 74.0 Å². The second-order valence-corrected chi connectivity index (χ2v) is 8.47. The molecule has 1 atom stereocenters. The standard InChI is InChI=1S/C25H34N4O5/c1-27-25(33)22(7-4-14-30)28(2)17-21-20(18-31)6-3-8-23(21)34-15-5-9-24(32)29-12-10-19(16-26)11-13-29/h3,6,8,14,18-19,22H,4-5,7,9-13,15,17H2,1-2H3,(H,27,33). The van der Waals surface area contributed by atoms with Gasteiger partial charge in [0, 0.05) is 56.6 Å². The molecule has 2 amide bonds. The van der Waals surface area contributed by atoms with Crippen molar-refractivity contribution in [3.05, 3.63) is 29.3 Å². The highest BCUT2D eigenvalue weighted by Crippen LogP contribution is 2.25. The molecule has 1 heterocycles. The summed E-state index contributed by atoms with van der Waals surface area (Å²) in [6.45, 7) is 1.83. The van der Waals surface area contributed by atoms with Gasteiger partial charge in [0.15, 0.2) is 6.29 Å². The van der Waals surface area contributed by atoms with Gasteiger partial charge in [0.25, 0.3) is 0 Å². The Bertz CT molecular complexity index is 890. The van der Waals surface area contributed by atoms with E-state index in [0.29, 0.717) is 55.8 Å². The summed E-state index contributed by atoms with van der Waals surface area (Å²) in [5.41, 5.74) is 1.12. The van der Waals surface area contributed by atoms with Gasteiger partial charge in [-0.3, -0.25) is 19.3 Å². The number of aldehydes is 2. The highest BCUT2D eigenvalue weighted by molar-refractivity contribution is 5.82. The number of ether oxygens (including phenoxy) is 1. The van der Waals surface area contributed by atoms with Crippen LogP contribution in [0.3, 0.4) is 0 Å². The third kappa shape index (κ3) is 7.66. The first kappa shape index (κ1) is 27.0. The van der Waals surface area contributed by atoms with Crippen LogP contribution in [0.2, 0.25) is 0 Å². The molecular weight excluding hydrogens is 436 g/mol. The van der Waals surface area contributed by atoms with E-state index >= 15 is 0 Å². The lowest BCUT2D eigenvalue weighted by atomic mass is 9.98. The number of likely N-dealkylation sites (tertiary alicyclic amines) is 1. The molecule has 1 fully saturated rings. The first-order valence-electron chi connectivity index (χ1n) is 11.7. The number of likely N-dealkylation sites (N-methyl/N-ethyl adjacent to an activating group) is 2. The van der Waals surface area contributed by atoms with E-state index in [1.807, 2.05) is 0 Å². The second-order valence-electron chi connectivity index (χ2n) is 8.47. The molecule has 1 saturated heterocycles. The predicted molar refractivity (Wildman–Crippen MR) is 126 cm³/mol. The zero-order chi connectivity index (χ0) is 24.9. The van der Waals surface area contributed by atoms with E-state index in [1.165, 1.54) is 0 Å². The van der Waals surface area contributed by atoms with Crippen LogP contribution in [0, 0.1) is 17.2 Å². The monoisotopic (exact) mass is 470 g/mol. The third-order valence-corrected chi connectivity index (χ3v) is 6.17. The van der Waals surface area contributed by atoms with E-state index in [0.717, 1.165) is 25.4 Å². The minimum Gasteiger partial charge on any atom is -0.493 e. The van der Waals surface area contributed by atoms with E-state index in [4.69, 9.17) is 10.00 Å². The number of benzene rings is 1. The van der Waals surface area contributed by atoms with Crippen LogP contribution in [-0.2, 0) is 20.9 Å². The number of nitriles is 1. The fraction of sp³-hybridized carbons (Fsp3) is 0.560. The summed E-state index contributed by atoms with van der Waals surface area (Å²) >= 11 is 0. The van der Waals surface area contributed by atoms with Gasteiger partial charge in [0.1, 0.15) is 12.0 Å². The van der Waals surface area contributed by atoms with Crippen molar-refractivity contribution < 1.29 is 23.9 Å². The van der Waals surface area contributed by atoms with E-state index in [9.17, 15) is 19.2 Å². The maximum absolute atomic E-state index is 12.4. The molecule has 2 rings (SSSR count). The Kier molecular flexibility index (Phi) is 11.2. The number of nitrogens with zero attached hydrogens (tertiary/aromatic N) is 3. The first-order chi connectivity index (χ1) is 16.4. The van der Waals surface area contributed by atoms with Crippen molar-refractivity contribution in [3.8, 4) is 11.8 Å². The van der Waals surface area contributed by atoms with E-state index in [1.54, 1.807) is 42.1 Å². The number of carbonyl (C=O) groups excluding carboxylic acids is 4. The lowest BCUT2D eigenvalue weighted by Crippen LogP contribution is -2.43. The molecular formula is C25H34N4O5. The van der Waals surface area contributed by atoms with Crippen molar-refractivity contribution in [2.45, 2.75) is 51.1 Å². The SMILES string of the molecule is CNC(=O)C(CCC=O)N(C)Cc1c(C=O)cccc1OCCCC(=O)N1CCC(C#N)CC1. The Labute approximate surface area is 201 Å². The highest BCUT2D eigenvalue weighted by atomic mass is 16.5. The van der Waals surface area contributed by atoms with Gasteiger partial charge in [-0.2, -0.15) is 5.26 Å². The smallest absolute Gasteiger partial charge is 0.237 e. The lowest BCUT2D eigenvalue weighted by molar-refractivity contribution is -0.132. The maximum atomic E-state index is 12.4. The van der Waals surface area contributed by atoms with Gasteiger partial charge in [-0.05, 0) is 38.8 Å². The summed E-state index contributed by atoms with van der Waals surface area (Å²) in [5.74, 6) is 0.429. The average molecular weight is 471 g/mol. The molecule has 34 heavy (non-hydrogen) atoms. The minimum absolute atomic E-state index is 0.0375. The van der Waals surface area contributed by atoms with Crippen LogP contribution >= 0.6 is 0 Å². The topological polar surface area (TPSA) is 120 Å². The summed E-state index contributed by atoms with van der Waals surface area (Å²) in [7, 11) is 3.31. The summed E-state index contributed by atoms with van der Waals surface area (Å²) in [4.78, 5) is 50.8. The molecule has 0 aromatic heterocycles. The Morgan fingerprint density at radius 3 is 2.68 bits per heavy atom. The number of hydrogen-bond acceptors (Lipinski definition) is 7. The Morgan fingerprint density at radius 1 is 1.32 bits per heavy atom. The number of rotatable bonds is 13. The van der Waals surface area contributed by atoms with Gasteiger partial charge < -0.3 is 19.7 Å². The molecule has 1 aliphatic heterocycles. The van der Waals surface area contributed by atoms with Crippen LogP contribution in [0.4, 0.5) is 0 Å². The molecule has 0 spiro atoms. The molecule has 9 heteroatoms. The van der Waals surface area contributed by atoms with Crippen LogP contribution in [0.25, 0.3) is 0 Å². The normalized spacial score (nSPS) is 14.8. The van der Waals surface area contributed by atoms with Crippen LogP contribution in [0.15, 0.2) is 18.2 Å². The van der Waals surface area contributed by atoms with Gasteiger partial charge in [0.2, 0.25) is 11.8 Å². The Morgan fingerprint density at radius 2 is 2.06 bits per heavy atom. The molecule has 1 aromatic carbocycles. The summed E-state index contributed by atoms with van der Waals surface area (Å²) in [6, 6.07) is 6.93. The molecule has 184 valence electrons. The molecule has 9 nitrogen and oxygen atoms in total. The Hall–Kier alpha value is -3.25. The third-order valence-electron chi connectivity index (χ3n) is 6.17. The summed E-state index contributed by atoms with van der Waals surface area (Å²) in [5, 5.41) is 11.6. The van der Waals surface area contributed by atoms with Crippen LogP contribution in [0.5, 0.6) is 5.75 Å². The molecule has 1 aliphatic rings. The average Bonchev–Trinajstić information content (AvgIpc) is 2.87. The molecule has 1 N–H and O–H groups in total. The number of nitrogens with one attached hydrogen (secondary N) is 1. The molecule has 0 aliphatic carbocycles. The number of amides is 2. The van der Waals surface area contributed by atoms with Gasteiger partial charge in [-0.1, -0.05) is 12.1 Å². The zero-order valence-electron chi connectivity index (χ0n) is 20.0.